The highest BCUT2D eigenvalue weighted by molar-refractivity contribution is 6.30. The number of nitrogens with zero attached hydrogens (tertiary/aromatic N) is 2. The van der Waals surface area contributed by atoms with E-state index in [4.69, 9.17) is 16.3 Å². The molecule has 0 radical (unpaired) electrons. The lowest BCUT2D eigenvalue weighted by Gasteiger charge is -2.20. The zero-order valence-corrected chi connectivity index (χ0v) is 13.7. The average molecular weight is 306 g/mol. The number of halogens is 1. The van der Waals surface area contributed by atoms with Crippen LogP contribution in [0.2, 0.25) is 5.02 Å². The molecule has 0 spiro atoms. The van der Waals surface area contributed by atoms with E-state index < -0.39 is 0 Å². The maximum atomic E-state index is 5.89. The molecule has 21 heavy (non-hydrogen) atoms. The second-order valence-corrected chi connectivity index (χ2v) is 6.32. The normalized spacial score (nSPS) is 11.3. The molecule has 112 valence electrons. The van der Waals surface area contributed by atoms with Gasteiger partial charge < -0.3 is 10.1 Å². The summed E-state index contributed by atoms with van der Waals surface area (Å²) in [6.45, 7) is 8.15. The molecule has 0 aliphatic heterocycles. The fraction of sp³-hybridized carbons (Fsp3) is 0.375. The van der Waals surface area contributed by atoms with Crippen molar-refractivity contribution in [1.82, 2.24) is 9.97 Å². The van der Waals surface area contributed by atoms with E-state index in [0.717, 1.165) is 17.2 Å². The molecule has 0 saturated carbocycles. The molecule has 0 fully saturated rings. The van der Waals surface area contributed by atoms with Gasteiger partial charge in [0.25, 0.3) is 0 Å². The van der Waals surface area contributed by atoms with Crippen LogP contribution in [0.1, 0.15) is 32.2 Å². The first-order valence-corrected chi connectivity index (χ1v) is 7.19. The summed E-state index contributed by atoms with van der Waals surface area (Å²) in [6.07, 6.45) is 0. The standard InChI is InChI=1S/C16H20ClN3O/c1-10-13(18-5)19-15(16(2,3)4)20-14(10)21-12-8-6-11(17)7-9-12/h6-9H,1-5H3,(H,18,19,20). The molecule has 2 rings (SSSR count). The van der Waals surface area contributed by atoms with Crippen molar-refractivity contribution in [1.29, 1.82) is 0 Å². The van der Waals surface area contributed by atoms with Gasteiger partial charge in [-0.3, -0.25) is 0 Å². The van der Waals surface area contributed by atoms with Gasteiger partial charge in [0.15, 0.2) is 0 Å². The Bertz CT molecular complexity index is 633. The van der Waals surface area contributed by atoms with Gasteiger partial charge >= 0.3 is 0 Å². The van der Waals surface area contributed by atoms with Gasteiger partial charge in [-0.05, 0) is 31.2 Å². The average Bonchev–Trinajstić information content (AvgIpc) is 2.42. The molecule has 1 aromatic carbocycles. The second kappa shape index (κ2) is 5.90. The summed E-state index contributed by atoms with van der Waals surface area (Å²) in [7, 11) is 1.84. The summed E-state index contributed by atoms with van der Waals surface area (Å²) in [5.74, 6) is 2.77. The molecular weight excluding hydrogens is 286 g/mol. The molecule has 0 atom stereocenters. The fourth-order valence-corrected chi connectivity index (χ4v) is 1.91. The highest BCUT2D eigenvalue weighted by Gasteiger charge is 2.21. The van der Waals surface area contributed by atoms with E-state index in [1.807, 2.05) is 26.1 Å². The third-order valence-corrected chi connectivity index (χ3v) is 3.29. The molecular formula is C16H20ClN3O. The van der Waals surface area contributed by atoms with Crippen LogP contribution in [0.3, 0.4) is 0 Å². The number of nitrogens with one attached hydrogen (secondary N) is 1. The van der Waals surface area contributed by atoms with Gasteiger partial charge in [0, 0.05) is 17.5 Å². The Morgan fingerprint density at radius 2 is 1.71 bits per heavy atom. The Labute approximate surface area is 130 Å². The Morgan fingerprint density at radius 1 is 1.10 bits per heavy atom. The third-order valence-electron chi connectivity index (χ3n) is 3.04. The summed E-state index contributed by atoms with van der Waals surface area (Å²) in [5.41, 5.74) is 0.720. The fourth-order valence-electron chi connectivity index (χ4n) is 1.79. The van der Waals surface area contributed by atoms with Gasteiger partial charge in [0.05, 0.1) is 5.56 Å². The van der Waals surface area contributed by atoms with Crippen molar-refractivity contribution in [3.63, 3.8) is 0 Å². The molecule has 2 aromatic rings. The molecule has 5 heteroatoms. The molecule has 1 aromatic heterocycles. The highest BCUT2D eigenvalue weighted by Crippen LogP contribution is 2.30. The van der Waals surface area contributed by atoms with E-state index in [-0.39, 0.29) is 5.41 Å². The zero-order valence-electron chi connectivity index (χ0n) is 13.0. The van der Waals surface area contributed by atoms with E-state index in [2.05, 4.69) is 36.1 Å². The summed E-state index contributed by atoms with van der Waals surface area (Å²) >= 11 is 5.89. The number of aromatic nitrogens is 2. The number of rotatable bonds is 3. The predicted molar refractivity (Wildman–Crippen MR) is 86.5 cm³/mol. The van der Waals surface area contributed by atoms with E-state index in [1.54, 1.807) is 12.1 Å². The summed E-state index contributed by atoms with van der Waals surface area (Å²) in [4.78, 5) is 9.12. The molecule has 0 amide bonds. The predicted octanol–water partition coefficient (Wildman–Crippen LogP) is 4.57. The van der Waals surface area contributed by atoms with Crippen LogP contribution in [-0.4, -0.2) is 17.0 Å². The summed E-state index contributed by atoms with van der Waals surface area (Å²) in [6, 6.07) is 7.22. The lowest BCUT2D eigenvalue weighted by molar-refractivity contribution is 0.442. The van der Waals surface area contributed by atoms with E-state index in [0.29, 0.717) is 16.7 Å². The smallest absolute Gasteiger partial charge is 0.227 e. The monoisotopic (exact) mass is 305 g/mol. The first-order valence-electron chi connectivity index (χ1n) is 6.81. The Morgan fingerprint density at radius 3 is 2.24 bits per heavy atom. The minimum Gasteiger partial charge on any atom is -0.439 e. The SMILES string of the molecule is CNc1nc(C(C)(C)C)nc(Oc2ccc(Cl)cc2)c1C. The molecule has 0 aliphatic carbocycles. The summed E-state index contributed by atoms with van der Waals surface area (Å²) in [5, 5.41) is 3.76. The molecule has 0 bridgehead atoms. The Hall–Kier alpha value is -1.81. The zero-order chi connectivity index (χ0) is 15.6. The lowest BCUT2D eigenvalue weighted by atomic mass is 9.95. The molecule has 1 N–H and O–H groups in total. The molecule has 0 saturated heterocycles. The van der Waals surface area contributed by atoms with Crippen molar-refractivity contribution < 1.29 is 4.74 Å². The summed E-state index contributed by atoms with van der Waals surface area (Å²) < 4.78 is 5.89. The molecule has 4 nitrogen and oxygen atoms in total. The molecule has 0 unspecified atom stereocenters. The number of benzene rings is 1. The molecule has 0 aliphatic rings. The van der Waals surface area contributed by atoms with Gasteiger partial charge in [0.2, 0.25) is 5.88 Å². The first-order chi connectivity index (χ1) is 9.81. The molecule has 1 heterocycles. The van der Waals surface area contributed by atoms with Crippen molar-refractivity contribution in [3.05, 3.63) is 40.7 Å². The Balaban J connectivity index is 2.44. The van der Waals surface area contributed by atoms with Gasteiger partial charge in [-0.15, -0.1) is 0 Å². The Kier molecular flexibility index (Phi) is 4.37. The van der Waals surface area contributed by atoms with Crippen LogP contribution in [0.15, 0.2) is 24.3 Å². The van der Waals surface area contributed by atoms with Crippen molar-refractivity contribution in [2.45, 2.75) is 33.1 Å². The van der Waals surface area contributed by atoms with Gasteiger partial charge in [0.1, 0.15) is 17.4 Å². The van der Waals surface area contributed by atoms with Crippen LogP contribution in [0, 0.1) is 6.92 Å². The van der Waals surface area contributed by atoms with Gasteiger partial charge in [-0.25, -0.2) is 4.98 Å². The lowest BCUT2D eigenvalue weighted by Crippen LogP contribution is -2.18. The minimum atomic E-state index is -0.155. The van der Waals surface area contributed by atoms with Crippen LogP contribution < -0.4 is 10.1 Å². The first kappa shape index (κ1) is 15.6. The van der Waals surface area contributed by atoms with Gasteiger partial charge in [-0.1, -0.05) is 32.4 Å². The van der Waals surface area contributed by atoms with Crippen molar-refractivity contribution in [2.24, 2.45) is 0 Å². The van der Waals surface area contributed by atoms with E-state index in [9.17, 15) is 0 Å². The van der Waals surface area contributed by atoms with Crippen LogP contribution in [0.4, 0.5) is 5.82 Å². The van der Waals surface area contributed by atoms with Crippen LogP contribution in [-0.2, 0) is 5.41 Å². The number of hydrogen-bond donors (Lipinski definition) is 1. The highest BCUT2D eigenvalue weighted by atomic mass is 35.5. The van der Waals surface area contributed by atoms with Crippen molar-refractivity contribution >= 4 is 17.4 Å². The quantitative estimate of drug-likeness (QED) is 0.902. The van der Waals surface area contributed by atoms with Crippen molar-refractivity contribution in [3.8, 4) is 11.6 Å². The maximum Gasteiger partial charge on any atom is 0.227 e. The second-order valence-electron chi connectivity index (χ2n) is 5.88. The van der Waals surface area contributed by atoms with Crippen LogP contribution in [0.5, 0.6) is 11.6 Å². The number of hydrogen-bond acceptors (Lipinski definition) is 4. The topological polar surface area (TPSA) is 47.0 Å². The van der Waals surface area contributed by atoms with Crippen LogP contribution >= 0.6 is 11.6 Å². The van der Waals surface area contributed by atoms with E-state index in [1.165, 1.54) is 0 Å². The van der Waals surface area contributed by atoms with E-state index >= 15 is 0 Å². The van der Waals surface area contributed by atoms with Crippen molar-refractivity contribution in [2.75, 3.05) is 12.4 Å². The maximum absolute atomic E-state index is 5.89. The number of anilines is 1. The van der Waals surface area contributed by atoms with Gasteiger partial charge in [-0.2, -0.15) is 4.98 Å². The largest absolute Gasteiger partial charge is 0.439 e. The third kappa shape index (κ3) is 3.64. The van der Waals surface area contributed by atoms with Crippen LogP contribution in [0.25, 0.3) is 0 Å². The minimum absolute atomic E-state index is 0.155. The number of ether oxygens (including phenoxy) is 1.